The number of phenolic OH excluding ortho intramolecular Hbond substituents is 1. The van der Waals surface area contributed by atoms with Crippen LogP contribution in [-0.2, 0) is 0 Å². The number of hydrogen-bond donors (Lipinski definition) is 2. The molecule has 1 aromatic rings. The van der Waals surface area contributed by atoms with Crippen molar-refractivity contribution in [3.05, 3.63) is 28.8 Å². The van der Waals surface area contributed by atoms with Crippen molar-refractivity contribution in [1.82, 2.24) is 0 Å². The van der Waals surface area contributed by atoms with Gasteiger partial charge in [0.2, 0.25) is 0 Å². The molecule has 1 atom stereocenters. The summed E-state index contributed by atoms with van der Waals surface area (Å²) < 4.78 is 26.5. The van der Waals surface area contributed by atoms with E-state index >= 15 is 0 Å². The third kappa shape index (κ3) is 1.98. The zero-order valence-electron chi connectivity index (χ0n) is 8.64. The van der Waals surface area contributed by atoms with Gasteiger partial charge in [-0.25, -0.2) is 8.78 Å². The average molecular weight is 213 g/mol. The summed E-state index contributed by atoms with van der Waals surface area (Å²) in [5.74, 6) is -2.66. The fraction of sp³-hybridized carbons (Fsp3) is 0.364. The number of benzene rings is 1. The molecule has 0 aliphatic carbocycles. The Balaban J connectivity index is 3.46. The number of halogens is 2. The molecule has 1 rings (SSSR count). The number of nitrogens with one attached hydrogen (secondary N) is 1. The Bertz CT molecular complexity index is 391. The first-order chi connectivity index (χ1) is 7.02. The Morgan fingerprint density at radius 1 is 1.53 bits per heavy atom. The Labute approximate surface area is 87.1 Å². The first kappa shape index (κ1) is 11.6. The van der Waals surface area contributed by atoms with E-state index in [1.165, 1.54) is 0 Å². The Morgan fingerprint density at radius 3 is 2.60 bits per heavy atom. The normalized spacial score (nSPS) is 12.5. The van der Waals surface area contributed by atoms with Crippen molar-refractivity contribution in [1.29, 1.82) is 5.41 Å². The highest BCUT2D eigenvalue weighted by Crippen LogP contribution is 2.34. The molecule has 0 aliphatic heterocycles. The van der Waals surface area contributed by atoms with E-state index in [4.69, 9.17) is 5.41 Å². The molecule has 0 aromatic heterocycles. The molecule has 15 heavy (non-hydrogen) atoms. The van der Waals surface area contributed by atoms with Crippen LogP contribution in [0.5, 0.6) is 5.75 Å². The van der Waals surface area contributed by atoms with Crippen LogP contribution in [0.3, 0.4) is 0 Å². The van der Waals surface area contributed by atoms with Gasteiger partial charge in [0.25, 0.3) is 0 Å². The van der Waals surface area contributed by atoms with Crippen LogP contribution >= 0.6 is 0 Å². The molecule has 0 bridgehead atoms. The highest BCUT2D eigenvalue weighted by molar-refractivity contribution is 5.82. The van der Waals surface area contributed by atoms with E-state index in [1.807, 2.05) is 6.92 Å². The fourth-order valence-corrected chi connectivity index (χ4v) is 1.42. The van der Waals surface area contributed by atoms with E-state index in [1.54, 1.807) is 6.92 Å². The summed E-state index contributed by atoms with van der Waals surface area (Å²) >= 11 is 0. The highest BCUT2D eigenvalue weighted by Gasteiger charge is 2.20. The summed E-state index contributed by atoms with van der Waals surface area (Å²) in [6.45, 7) is 3.52. The van der Waals surface area contributed by atoms with Gasteiger partial charge in [-0.1, -0.05) is 13.8 Å². The van der Waals surface area contributed by atoms with Crippen molar-refractivity contribution in [2.24, 2.45) is 0 Å². The summed E-state index contributed by atoms with van der Waals surface area (Å²) in [4.78, 5) is 0. The molecule has 2 nitrogen and oxygen atoms in total. The second-order valence-electron chi connectivity index (χ2n) is 3.48. The second kappa shape index (κ2) is 4.38. The molecule has 1 unspecified atom stereocenters. The van der Waals surface area contributed by atoms with Gasteiger partial charge in [-0.15, -0.1) is 0 Å². The van der Waals surface area contributed by atoms with Crippen LogP contribution in [-0.4, -0.2) is 11.3 Å². The Hall–Kier alpha value is -1.45. The lowest BCUT2D eigenvalue weighted by atomic mass is 9.94. The van der Waals surface area contributed by atoms with Crippen LogP contribution in [0.1, 0.15) is 37.3 Å². The molecule has 0 radical (unpaired) electrons. The van der Waals surface area contributed by atoms with Crippen LogP contribution in [0.4, 0.5) is 8.78 Å². The molecule has 2 N–H and O–H groups in total. The monoisotopic (exact) mass is 213 g/mol. The highest BCUT2D eigenvalue weighted by atomic mass is 19.2. The van der Waals surface area contributed by atoms with Crippen molar-refractivity contribution in [2.75, 3.05) is 0 Å². The first-order valence-corrected chi connectivity index (χ1v) is 4.74. The van der Waals surface area contributed by atoms with Gasteiger partial charge in [0.15, 0.2) is 11.6 Å². The Kier molecular flexibility index (Phi) is 3.39. The maximum Gasteiger partial charge on any atom is 0.166 e. The van der Waals surface area contributed by atoms with Crippen molar-refractivity contribution >= 4 is 6.21 Å². The average Bonchev–Trinajstić information content (AvgIpc) is 2.23. The summed E-state index contributed by atoms with van der Waals surface area (Å²) in [7, 11) is 0. The summed E-state index contributed by atoms with van der Waals surface area (Å²) in [5, 5.41) is 16.6. The molecule has 1 aromatic carbocycles. The van der Waals surface area contributed by atoms with Gasteiger partial charge in [0, 0.05) is 17.3 Å². The summed E-state index contributed by atoms with van der Waals surface area (Å²) in [5.41, 5.74) is -0.0415. The van der Waals surface area contributed by atoms with E-state index in [9.17, 15) is 13.9 Å². The number of aromatic hydroxyl groups is 1. The quantitative estimate of drug-likeness (QED) is 0.744. The van der Waals surface area contributed by atoms with Crippen LogP contribution in [0, 0.1) is 17.0 Å². The van der Waals surface area contributed by atoms with Gasteiger partial charge in [0.1, 0.15) is 5.75 Å². The van der Waals surface area contributed by atoms with Gasteiger partial charge < -0.3 is 10.5 Å². The van der Waals surface area contributed by atoms with Crippen molar-refractivity contribution < 1.29 is 13.9 Å². The molecular weight excluding hydrogens is 200 g/mol. The molecule has 0 amide bonds. The van der Waals surface area contributed by atoms with Crippen LogP contribution < -0.4 is 0 Å². The largest absolute Gasteiger partial charge is 0.507 e. The smallest absolute Gasteiger partial charge is 0.166 e. The third-order valence-electron chi connectivity index (χ3n) is 2.52. The van der Waals surface area contributed by atoms with Gasteiger partial charge >= 0.3 is 0 Å². The van der Waals surface area contributed by atoms with Crippen LogP contribution in [0.25, 0.3) is 0 Å². The van der Waals surface area contributed by atoms with Crippen molar-refractivity contribution in [2.45, 2.75) is 26.2 Å². The zero-order valence-corrected chi connectivity index (χ0v) is 8.64. The minimum atomic E-state index is -1.03. The molecule has 0 saturated heterocycles. The van der Waals surface area contributed by atoms with Crippen molar-refractivity contribution in [3.63, 3.8) is 0 Å². The molecule has 82 valence electrons. The third-order valence-corrected chi connectivity index (χ3v) is 2.52. The zero-order chi connectivity index (χ0) is 11.6. The first-order valence-electron chi connectivity index (χ1n) is 4.74. The topological polar surface area (TPSA) is 44.1 Å². The van der Waals surface area contributed by atoms with Gasteiger partial charge in [-0.05, 0) is 18.4 Å². The summed E-state index contributed by atoms with van der Waals surface area (Å²) in [6, 6.07) is 0.823. The standard InChI is InChI=1S/C11H13F2NO/c1-3-6(2)9-10(13)8(12)4-7(5-14)11(9)15/h4-6,14-15H,3H2,1-2H3. The SMILES string of the molecule is CCC(C)c1c(O)c(C=N)cc(F)c1F. The maximum absolute atomic E-state index is 13.4. The minimum Gasteiger partial charge on any atom is -0.507 e. The molecule has 0 aliphatic rings. The van der Waals surface area contributed by atoms with Crippen LogP contribution in [0.2, 0.25) is 0 Å². The predicted molar refractivity (Wildman–Crippen MR) is 54.6 cm³/mol. The van der Waals surface area contributed by atoms with Gasteiger partial charge in [0.05, 0.1) is 0 Å². The predicted octanol–water partition coefficient (Wildman–Crippen LogP) is 3.18. The molecule has 4 heteroatoms. The van der Waals surface area contributed by atoms with Crippen molar-refractivity contribution in [3.8, 4) is 5.75 Å². The molecule has 0 spiro atoms. The van der Waals surface area contributed by atoms with E-state index in [0.29, 0.717) is 6.42 Å². The van der Waals surface area contributed by atoms with Crippen LogP contribution in [0.15, 0.2) is 6.07 Å². The lowest BCUT2D eigenvalue weighted by molar-refractivity contribution is 0.430. The second-order valence-corrected chi connectivity index (χ2v) is 3.48. The molecule has 0 fully saturated rings. The van der Waals surface area contributed by atoms with E-state index in [0.717, 1.165) is 12.3 Å². The number of phenols is 1. The van der Waals surface area contributed by atoms with E-state index in [2.05, 4.69) is 0 Å². The maximum atomic E-state index is 13.4. The molecular formula is C11H13F2NO. The lowest BCUT2D eigenvalue weighted by Gasteiger charge is -2.14. The minimum absolute atomic E-state index is 0.00389. The van der Waals surface area contributed by atoms with E-state index < -0.39 is 11.6 Å². The number of hydrogen-bond acceptors (Lipinski definition) is 2. The molecule has 0 saturated carbocycles. The summed E-state index contributed by atoms with van der Waals surface area (Å²) in [6.07, 6.45) is 1.40. The van der Waals surface area contributed by atoms with Gasteiger partial charge in [-0.2, -0.15) is 0 Å². The Morgan fingerprint density at radius 2 is 2.13 bits per heavy atom. The number of rotatable bonds is 3. The lowest BCUT2D eigenvalue weighted by Crippen LogP contribution is -2.02. The molecule has 0 heterocycles. The fourth-order valence-electron chi connectivity index (χ4n) is 1.42. The van der Waals surface area contributed by atoms with Gasteiger partial charge in [-0.3, -0.25) is 0 Å². The van der Waals surface area contributed by atoms with E-state index in [-0.39, 0.29) is 22.8 Å².